The summed E-state index contributed by atoms with van der Waals surface area (Å²) < 4.78 is 42.5. The van der Waals surface area contributed by atoms with Gasteiger partial charge in [-0.2, -0.15) is 18.3 Å². The number of halogens is 3. The van der Waals surface area contributed by atoms with Crippen LogP contribution >= 0.6 is 0 Å². The van der Waals surface area contributed by atoms with E-state index in [9.17, 15) is 32.7 Å². The third-order valence-electron chi connectivity index (χ3n) is 10.1. The fourth-order valence-corrected chi connectivity index (χ4v) is 8.85. The predicted molar refractivity (Wildman–Crippen MR) is 168 cm³/mol. The first-order valence-electron chi connectivity index (χ1n) is 15.7. The monoisotopic (exact) mass is 645 g/mol. The van der Waals surface area contributed by atoms with Gasteiger partial charge in [0.1, 0.15) is 18.3 Å². The fourth-order valence-electron chi connectivity index (χ4n) is 8.85. The summed E-state index contributed by atoms with van der Waals surface area (Å²) in [6.45, 7) is -0.502. The zero-order valence-electron chi connectivity index (χ0n) is 25.4. The molecule has 0 spiro atoms. The van der Waals surface area contributed by atoms with Crippen molar-refractivity contribution in [2.75, 3.05) is 5.32 Å². The Balaban J connectivity index is 1.29. The topological polar surface area (TPSA) is 132 Å². The zero-order valence-corrected chi connectivity index (χ0v) is 25.4. The number of aliphatic hydroxyl groups is 1. The van der Waals surface area contributed by atoms with Crippen LogP contribution in [0.2, 0.25) is 0 Å². The minimum absolute atomic E-state index is 0.0625. The van der Waals surface area contributed by atoms with Gasteiger partial charge >= 0.3 is 6.18 Å². The van der Waals surface area contributed by atoms with E-state index < -0.39 is 52.7 Å². The number of anilines is 1. The van der Waals surface area contributed by atoms with Crippen molar-refractivity contribution >= 4 is 17.5 Å². The largest absolute Gasteiger partial charge is 0.416 e. The van der Waals surface area contributed by atoms with Crippen molar-refractivity contribution < 1.29 is 27.9 Å². The molecule has 12 heteroatoms. The summed E-state index contributed by atoms with van der Waals surface area (Å²) in [5.74, 6) is -0.701. The van der Waals surface area contributed by atoms with E-state index in [0.717, 1.165) is 37.0 Å². The van der Waals surface area contributed by atoms with E-state index in [1.165, 1.54) is 28.8 Å². The minimum atomic E-state index is -4.59. The quantitative estimate of drug-likeness (QED) is 0.236. The lowest BCUT2D eigenvalue weighted by atomic mass is 9.46. The summed E-state index contributed by atoms with van der Waals surface area (Å²) in [5, 5.41) is 18.9. The average molecular weight is 646 g/mol. The second kappa shape index (κ2) is 11.2. The zero-order chi connectivity index (χ0) is 33.1. The van der Waals surface area contributed by atoms with Gasteiger partial charge in [0.2, 0.25) is 11.8 Å². The maximum absolute atomic E-state index is 13.5. The molecule has 4 aromatic rings. The average Bonchev–Trinajstić information content (AvgIpc) is 3.41. The van der Waals surface area contributed by atoms with Crippen molar-refractivity contribution in [3.8, 4) is 22.6 Å². The number of pyridine rings is 1. The minimum Gasteiger partial charge on any atom is -0.390 e. The molecule has 0 saturated heterocycles. The summed E-state index contributed by atoms with van der Waals surface area (Å²) in [7, 11) is 0. The first kappa shape index (κ1) is 30.9. The Morgan fingerprint density at radius 1 is 0.957 bits per heavy atom. The number of benzene rings is 2. The highest BCUT2D eigenvalue weighted by Crippen LogP contribution is 2.65. The van der Waals surface area contributed by atoms with Gasteiger partial charge < -0.3 is 16.2 Å². The molecule has 5 atom stereocenters. The van der Waals surface area contributed by atoms with Crippen molar-refractivity contribution in [3.05, 3.63) is 94.8 Å². The molecule has 4 fully saturated rings. The molecule has 4 bridgehead atoms. The molecule has 4 N–H and O–H groups in total. The summed E-state index contributed by atoms with van der Waals surface area (Å²) in [6.07, 6.45) is -0.212. The van der Waals surface area contributed by atoms with E-state index in [0.29, 0.717) is 30.7 Å². The molecule has 4 saturated carbocycles. The van der Waals surface area contributed by atoms with Gasteiger partial charge in [-0.25, -0.2) is 0 Å². The van der Waals surface area contributed by atoms with Crippen LogP contribution in [0, 0.1) is 17.3 Å². The molecule has 2 aromatic carbocycles. The van der Waals surface area contributed by atoms with Crippen molar-refractivity contribution in [2.24, 2.45) is 23.0 Å². The first-order valence-corrected chi connectivity index (χ1v) is 15.7. The standard InChI is InChI=1S/C35H34F3N5O4/c36-35(37,38)24-8-4-9-25(13-24)40-29(44)19-42-27(10-5-11-30(42)45)26-14-28(23-6-2-1-3-7-23)43(41-26)31(32(39)46)33-15-21-12-22(16-33)18-34(47,17-21)20-33/h1-11,13-14,21-22,31,47H,12,15-20H2,(H2,39,46)(H,40,44)/t21-,22+,31?,33?,34?. The van der Waals surface area contributed by atoms with E-state index in [1.807, 2.05) is 30.3 Å². The van der Waals surface area contributed by atoms with Crippen LogP contribution in [-0.2, 0) is 22.3 Å². The number of hydrogen-bond donors (Lipinski definition) is 3. The number of amides is 2. The molecular formula is C35H34F3N5O4. The Labute approximate surface area is 268 Å². The molecule has 3 unspecified atom stereocenters. The predicted octanol–water partition coefficient (Wildman–Crippen LogP) is 5.39. The summed E-state index contributed by atoms with van der Waals surface area (Å²) in [5.41, 5.74) is 5.18. The summed E-state index contributed by atoms with van der Waals surface area (Å²) in [6, 6.07) is 18.9. The van der Waals surface area contributed by atoms with Gasteiger partial charge in [0.25, 0.3) is 5.56 Å². The Kier molecular flexibility index (Phi) is 7.38. The molecule has 2 heterocycles. The highest BCUT2D eigenvalue weighted by Gasteiger charge is 2.61. The first-order chi connectivity index (χ1) is 22.3. The highest BCUT2D eigenvalue weighted by molar-refractivity contribution is 5.91. The van der Waals surface area contributed by atoms with E-state index >= 15 is 0 Å². The molecule has 2 aromatic heterocycles. The van der Waals surface area contributed by atoms with E-state index in [1.54, 1.807) is 16.8 Å². The van der Waals surface area contributed by atoms with Gasteiger partial charge in [0.05, 0.1) is 22.6 Å². The Morgan fingerprint density at radius 2 is 1.66 bits per heavy atom. The second-order valence-corrected chi connectivity index (χ2v) is 13.5. The fraction of sp³-hybridized carbons (Fsp3) is 0.371. The van der Waals surface area contributed by atoms with E-state index in [-0.39, 0.29) is 23.2 Å². The maximum Gasteiger partial charge on any atom is 0.416 e. The molecular weight excluding hydrogens is 611 g/mol. The lowest BCUT2D eigenvalue weighted by molar-refractivity contribution is -0.181. The van der Waals surface area contributed by atoms with Crippen molar-refractivity contribution in [1.82, 2.24) is 14.3 Å². The number of carbonyl (C=O) groups is 2. The van der Waals surface area contributed by atoms with Crippen molar-refractivity contribution in [1.29, 1.82) is 0 Å². The Bertz CT molecular complexity index is 1900. The smallest absolute Gasteiger partial charge is 0.390 e. The highest BCUT2D eigenvalue weighted by atomic mass is 19.4. The number of carbonyl (C=O) groups excluding carboxylic acids is 2. The lowest BCUT2D eigenvalue weighted by Gasteiger charge is -2.61. The van der Waals surface area contributed by atoms with Gasteiger partial charge in [-0.05, 0) is 86.3 Å². The maximum atomic E-state index is 13.5. The number of nitrogens with two attached hydrogens (primary N) is 1. The van der Waals surface area contributed by atoms with Crippen molar-refractivity contribution in [3.63, 3.8) is 0 Å². The molecule has 0 aliphatic heterocycles. The number of primary amides is 1. The molecule has 4 aliphatic carbocycles. The van der Waals surface area contributed by atoms with E-state index in [4.69, 9.17) is 10.8 Å². The molecule has 9 nitrogen and oxygen atoms in total. The summed E-state index contributed by atoms with van der Waals surface area (Å²) >= 11 is 0. The van der Waals surface area contributed by atoms with Gasteiger partial charge in [0.15, 0.2) is 0 Å². The molecule has 0 radical (unpaired) electrons. The van der Waals surface area contributed by atoms with Gasteiger partial charge in [-0.1, -0.05) is 42.5 Å². The van der Waals surface area contributed by atoms with Crippen LogP contribution in [0.15, 0.2) is 83.7 Å². The van der Waals surface area contributed by atoms with Crippen LogP contribution in [0.25, 0.3) is 22.6 Å². The van der Waals surface area contributed by atoms with Crippen LogP contribution in [0.4, 0.5) is 18.9 Å². The SMILES string of the molecule is NC(=O)C(n1nc(-c2cccc(=O)n2CC(=O)Nc2cccc(C(F)(F)F)c2)cc1-c1ccccc1)C12C[C@@H]3C[C@@H](CC(O)(C3)C1)C2. The number of rotatable bonds is 8. The molecule has 47 heavy (non-hydrogen) atoms. The molecule has 244 valence electrons. The third-order valence-corrected chi connectivity index (χ3v) is 10.1. The lowest BCUT2D eigenvalue weighted by Crippen LogP contribution is -2.59. The molecule has 2 amide bonds. The van der Waals surface area contributed by atoms with Gasteiger partial charge in [-0.15, -0.1) is 0 Å². The number of hydrogen-bond acceptors (Lipinski definition) is 5. The van der Waals surface area contributed by atoms with Crippen LogP contribution in [0.5, 0.6) is 0 Å². The normalized spacial score (nSPS) is 25.4. The van der Waals surface area contributed by atoms with Gasteiger partial charge in [0, 0.05) is 17.2 Å². The van der Waals surface area contributed by atoms with E-state index in [2.05, 4.69) is 5.32 Å². The number of alkyl halides is 3. The third kappa shape index (κ3) is 5.75. The van der Waals surface area contributed by atoms with Crippen molar-refractivity contribution in [2.45, 2.75) is 62.9 Å². The molecule has 4 aliphatic rings. The Morgan fingerprint density at radius 3 is 2.32 bits per heavy atom. The number of nitrogens with zero attached hydrogens (tertiary/aromatic N) is 3. The number of aromatic nitrogens is 3. The second-order valence-electron chi connectivity index (χ2n) is 13.5. The van der Waals surface area contributed by atoms with Crippen LogP contribution in [-0.4, -0.2) is 36.9 Å². The van der Waals surface area contributed by atoms with Gasteiger partial charge in [-0.3, -0.25) is 23.6 Å². The van der Waals surface area contributed by atoms with Crippen LogP contribution < -0.4 is 16.6 Å². The Hall–Kier alpha value is -4.71. The molecule has 8 rings (SSSR count). The summed E-state index contributed by atoms with van der Waals surface area (Å²) in [4.78, 5) is 39.7. The van der Waals surface area contributed by atoms with Crippen LogP contribution in [0.3, 0.4) is 0 Å². The van der Waals surface area contributed by atoms with Crippen LogP contribution in [0.1, 0.15) is 50.1 Å². The number of nitrogens with one attached hydrogen (secondary N) is 1.